The number of nitro benzene ring substituents is 1. The molecular weight excluding hydrogens is 314 g/mol. The SMILES string of the molecule is O=C(Nc1ccc(SC(F)F)cc1)c1ccccc1[N+](=O)[O-]. The Kier molecular flexibility index (Phi) is 5.05. The summed E-state index contributed by atoms with van der Waals surface area (Å²) in [6, 6.07) is 11.3. The van der Waals surface area contributed by atoms with Crippen LogP contribution in [-0.2, 0) is 0 Å². The molecule has 0 aliphatic carbocycles. The van der Waals surface area contributed by atoms with Gasteiger partial charge in [-0.2, -0.15) is 8.78 Å². The molecule has 0 saturated heterocycles. The van der Waals surface area contributed by atoms with Crippen LogP contribution in [-0.4, -0.2) is 16.6 Å². The Morgan fingerprint density at radius 2 is 1.77 bits per heavy atom. The number of amides is 1. The third kappa shape index (κ3) is 4.01. The fourth-order valence-corrected chi connectivity index (χ4v) is 2.24. The van der Waals surface area contributed by atoms with Crippen molar-refractivity contribution < 1.29 is 18.5 Å². The molecule has 0 atom stereocenters. The highest BCUT2D eigenvalue weighted by molar-refractivity contribution is 7.99. The molecule has 0 fully saturated rings. The van der Waals surface area contributed by atoms with Gasteiger partial charge in [-0.05, 0) is 30.3 Å². The largest absolute Gasteiger partial charge is 0.322 e. The normalized spacial score (nSPS) is 10.5. The van der Waals surface area contributed by atoms with Crippen molar-refractivity contribution in [3.8, 4) is 0 Å². The second-order valence-electron chi connectivity index (χ2n) is 4.13. The minimum Gasteiger partial charge on any atom is -0.322 e. The predicted octanol–water partition coefficient (Wildman–Crippen LogP) is 4.16. The zero-order valence-corrected chi connectivity index (χ0v) is 11.8. The van der Waals surface area contributed by atoms with Crippen molar-refractivity contribution >= 4 is 29.0 Å². The van der Waals surface area contributed by atoms with E-state index in [9.17, 15) is 23.7 Å². The molecule has 8 heteroatoms. The van der Waals surface area contributed by atoms with Gasteiger partial charge in [-0.25, -0.2) is 0 Å². The van der Waals surface area contributed by atoms with Gasteiger partial charge in [-0.3, -0.25) is 14.9 Å². The number of hydrogen-bond donors (Lipinski definition) is 1. The van der Waals surface area contributed by atoms with Gasteiger partial charge in [-0.15, -0.1) is 0 Å². The molecule has 2 aromatic carbocycles. The van der Waals surface area contributed by atoms with Crippen LogP contribution < -0.4 is 5.32 Å². The highest BCUT2D eigenvalue weighted by Crippen LogP contribution is 2.26. The number of rotatable bonds is 5. The van der Waals surface area contributed by atoms with Crippen LogP contribution in [0.4, 0.5) is 20.2 Å². The van der Waals surface area contributed by atoms with Crippen LogP contribution in [0.3, 0.4) is 0 Å². The van der Waals surface area contributed by atoms with E-state index in [1.807, 2.05) is 0 Å². The summed E-state index contributed by atoms with van der Waals surface area (Å²) >= 11 is 0.393. The van der Waals surface area contributed by atoms with E-state index >= 15 is 0 Å². The number of nitro groups is 1. The number of carbonyl (C=O) groups is 1. The van der Waals surface area contributed by atoms with E-state index in [0.29, 0.717) is 22.3 Å². The van der Waals surface area contributed by atoms with Gasteiger partial charge in [0.2, 0.25) is 0 Å². The van der Waals surface area contributed by atoms with Gasteiger partial charge in [0.25, 0.3) is 17.4 Å². The number of anilines is 1. The minimum atomic E-state index is -2.52. The highest BCUT2D eigenvalue weighted by Gasteiger charge is 2.19. The smallest absolute Gasteiger partial charge is 0.288 e. The summed E-state index contributed by atoms with van der Waals surface area (Å²) in [7, 11) is 0. The minimum absolute atomic E-state index is 0.0708. The molecule has 1 N–H and O–H groups in total. The van der Waals surface area contributed by atoms with E-state index < -0.39 is 16.6 Å². The average molecular weight is 324 g/mol. The van der Waals surface area contributed by atoms with Crippen molar-refractivity contribution in [2.75, 3.05) is 5.32 Å². The summed E-state index contributed by atoms with van der Waals surface area (Å²) in [5, 5.41) is 13.4. The highest BCUT2D eigenvalue weighted by atomic mass is 32.2. The molecule has 1 amide bonds. The van der Waals surface area contributed by atoms with Gasteiger partial charge in [0.05, 0.1) is 4.92 Å². The Morgan fingerprint density at radius 3 is 2.36 bits per heavy atom. The van der Waals surface area contributed by atoms with E-state index in [1.165, 1.54) is 48.5 Å². The number of benzene rings is 2. The molecule has 0 aliphatic heterocycles. The van der Waals surface area contributed by atoms with Gasteiger partial charge in [0.15, 0.2) is 0 Å². The molecule has 22 heavy (non-hydrogen) atoms. The maximum Gasteiger partial charge on any atom is 0.288 e. The van der Waals surface area contributed by atoms with Crippen LogP contribution in [0, 0.1) is 10.1 Å². The molecule has 0 heterocycles. The molecule has 0 spiro atoms. The number of nitrogens with zero attached hydrogens (tertiary/aromatic N) is 1. The molecule has 5 nitrogen and oxygen atoms in total. The first-order valence-corrected chi connectivity index (χ1v) is 6.95. The Hall–Kier alpha value is -2.48. The van der Waals surface area contributed by atoms with E-state index in [-0.39, 0.29) is 11.3 Å². The lowest BCUT2D eigenvalue weighted by molar-refractivity contribution is -0.385. The maximum absolute atomic E-state index is 12.2. The molecule has 0 saturated carbocycles. The lowest BCUT2D eigenvalue weighted by atomic mass is 10.1. The molecule has 114 valence electrons. The van der Waals surface area contributed by atoms with Crippen molar-refractivity contribution in [2.24, 2.45) is 0 Å². The standard InChI is InChI=1S/C14H10F2N2O3S/c15-14(16)22-10-7-5-9(6-8-10)17-13(19)11-3-1-2-4-12(11)18(20)21/h1-8,14H,(H,17,19). The second kappa shape index (κ2) is 6.99. The zero-order chi connectivity index (χ0) is 16.1. The summed E-state index contributed by atoms with van der Waals surface area (Å²) < 4.78 is 24.4. The summed E-state index contributed by atoms with van der Waals surface area (Å²) in [5.41, 5.74) is -0.00910. The summed E-state index contributed by atoms with van der Waals surface area (Å²) in [5.74, 6) is -3.16. The van der Waals surface area contributed by atoms with Gasteiger partial charge >= 0.3 is 0 Å². The van der Waals surface area contributed by atoms with Crippen molar-refractivity contribution in [1.82, 2.24) is 0 Å². The van der Waals surface area contributed by atoms with Crippen molar-refractivity contribution in [2.45, 2.75) is 10.7 Å². The van der Waals surface area contributed by atoms with E-state index in [2.05, 4.69) is 5.32 Å². The number of thioether (sulfide) groups is 1. The van der Waals surface area contributed by atoms with E-state index in [0.717, 1.165) is 0 Å². The van der Waals surface area contributed by atoms with Crippen LogP contribution in [0.1, 0.15) is 10.4 Å². The number of halogens is 2. The number of alkyl halides is 2. The quantitative estimate of drug-likeness (QED) is 0.509. The fraction of sp³-hybridized carbons (Fsp3) is 0.0714. The van der Waals surface area contributed by atoms with Gasteiger partial charge < -0.3 is 5.32 Å². The number of carbonyl (C=O) groups excluding carboxylic acids is 1. The third-order valence-electron chi connectivity index (χ3n) is 2.68. The molecule has 0 radical (unpaired) electrons. The molecular formula is C14H10F2N2O3S. The Morgan fingerprint density at radius 1 is 1.14 bits per heavy atom. The average Bonchev–Trinajstić information content (AvgIpc) is 2.48. The van der Waals surface area contributed by atoms with Crippen LogP contribution in [0.15, 0.2) is 53.4 Å². The van der Waals surface area contributed by atoms with Crippen LogP contribution >= 0.6 is 11.8 Å². The molecule has 2 rings (SSSR count). The molecule has 2 aromatic rings. The van der Waals surface area contributed by atoms with E-state index in [1.54, 1.807) is 0 Å². The predicted molar refractivity (Wildman–Crippen MR) is 79.4 cm³/mol. The lowest BCUT2D eigenvalue weighted by Gasteiger charge is -2.07. The van der Waals surface area contributed by atoms with Crippen LogP contribution in [0.2, 0.25) is 0 Å². The fourth-order valence-electron chi connectivity index (χ4n) is 1.74. The zero-order valence-electron chi connectivity index (χ0n) is 11.0. The number of nitrogens with one attached hydrogen (secondary N) is 1. The Labute approximate surface area is 128 Å². The number of para-hydroxylation sites is 1. The van der Waals surface area contributed by atoms with Crippen LogP contribution in [0.5, 0.6) is 0 Å². The number of hydrogen-bond acceptors (Lipinski definition) is 4. The van der Waals surface area contributed by atoms with Crippen molar-refractivity contribution in [1.29, 1.82) is 0 Å². The Balaban J connectivity index is 2.14. The van der Waals surface area contributed by atoms with Gasteiger partial charge in [-0.1, -0.05) is 23.9 Å². The summed E-state index contributed by atoms with van der Waals surface area (Å²) in [4.78, 5) is 22.7. The summed E-state index contributed by atoms with van der Waals surface area (Å²) in [6.45, 7) is 0. The van der Waals surface area contributed by atoms with Gasteiger partial charge in [0, 0.05) is 16.6 Å². The molecule has 0 aromatic heterocycles. The maximum atomic E-state index is 12.2. The lowest BCUT2D eigenvalue weighted by Crippen LogP contribution is -2.13. The topological polar surface area (TPSA) is 72.2 Å². The second-order valence-corrected chi connectivity index (χ2v) is 5.19. The monoisotopic (exact) mass is 324 g/mol. The molecule has 0 bridgehead atoms. The molecule has 0 aliphatic rings. The van der Waals surface area contributed by atoms with Crippen molar-refractivity contribution in [3.05, 3.63) is 64.2 Å². The Bertz CT molecular complexity index is 693. The third-order valence-corrected chi connectivity index (χ3v) is 3.41. The van der Waals surface area contributed by atoms with E-state index in [4.69, 9.17) is 0 Å². The first-order valence-electron chi connectivity index (χ1n) is 6.07. The van der Waals surface area contributed by atoms with Gasteiger partial charge in [0.1, 0.15) is 5.56 Å². The first kappa shape index (κ1) is 15.9. The van der Waals surface area contributed by atoms with Crippen molar-refractivity contribution in [3.63, 3.8) is 0 Å². The first-order chi connectivity index (χ1) is 10.5. The summed E-state index contributed by atoms with van der Waals surface area (Å²) in [6.07, 6.45) is 0. The van der Waals surface area contributed by atoms with Crippen LogP contribution in [0.25, 0.3) is 0 Å². The molecule has 0 unspecified atom stereocenters.